The zero-order chi connectivity index (χ0) is 5.98. The molecule has 0 radical (unpaired) electrons. The van der Waals surface area contributed by atoms with Gasteiger partial charge in [0.1, 0.15) is 0 Å². The Balaban J connectivity index is 2.47. The highest BCUT2D eigenvalue weighted by atomic mass is 79.9. The Bertz CT molecular complexity index is 98.7. The summed E-state index contributed by atoms with van der Waals surface area (Å²) in [5.41, 5.74) is 0. The highest BCUT2D eigenvalue weighted by Crippen LogP contribution is 2.24. The van der Waals surface area contributed by atoms with E-state index in [9.17, 15) is 0 Å². The summed E-state index contributed by atoms with van der Waals surface area (Å²) in [6.07, 6.45) is 6.89. The molecular weight excluding hydrogens is 232 g/mol. The summed E-state index contributed by atoms with van der Waals surface area (Å²) in [6, 6.07) is 0. The van der Waals surface area contributed by atoms with Crippen LogP contribution >= 0.6 is 31.9 Å². The molecule has 0 nitrogen and oxygen atoms in total. The molecule has 1 aliphatic carbocycles. The third-order valence-electron chi connectivity index (χ3n) is 1.27. The van der Waals surface area contributed by atoms with Gasteiger partial charge in [-0.1, -0.05) is 44.0 Å². The molecule has 0 saturated heterocycles. The van der Waals surface area contributed by atoms with Crippen LogP contribution in [0.15, 0.2) is 12.2 Å². The van der Waals surface area contributed by atoms with Gasteiger partial charge in [-0.05, 0) is 12.8 Å². The Morgan fingerprint density at radius 1 is 1.38 bits per heavy atom. The fourth-order valence-electron chi connectivity index (χ4n) is 0.761. The topological polar surface area (TPSA) is 0 Å². The maximum absolute atomic E-state index is 3.56. The molecule has 46 valence electrons. The summed E-state index contributed by atoms with van der Waals surface area (Å²) in [4.78, 5) is 1.20. The van der Waals surface area contributed by atoms with Crippen molar-refractivity contribution >= 4 is 31.9 Å². The first kappa shape index (κ1) is 6.81. The summed E-state index contributed by atoms with van der Waals surface area (Å²) < 4.78 is 0. The Hall–Kier alpha value is 0.700. The van der Waals surface area contributed by atoms with Gasteiger partial charge >= 0.3 is 0 Å². The molecular formula is C6H8Br2. The van der Waals surface area contributed by atoms with Crippen molar-refractivity contribution in [2.24, 2.45) is 0 Å². The van der Waals surface area contributed by atoms with Gasteiger partial charge in [-0.3, -0.25) is 0 Å². The average molecular weight is 240 g/mol. The molecule has 0 spiro atoms. The summed E-state index contributed by atoms with van der Waals surface area (Å²) in [5.74, 6) is 0. The number of hydrogen-bond donors (Lipinski definition) is 0. The van der Waals surface area contributed by atoms with Gasteiger partial charge in [-0.2, -0.15) is 0 Å². The molecule has 0 fully saturated rings. The van der Waals surface area contributed by atoms with Crippen molar-refractivity contribution in [1.82, 2.24) is 0 Å². The summed E-state index contributed by atoms with van der Waals surface area (Å²) in [7, 11) is 0. The van der Waals surface area contributed by atoms with E-state index in [4.69, 9.17) is 0 Å². The fraction of sp³-hybridized carbons (Fsp3) is 0.667. The standard InChI is InChI=1S/C6H8Br2/c7-5-3-1-2-4-6(5)8/h1,3,5-6H,2,4H2/t5-,6-/m1/s1. The quantitative estimate of drug-likeness (QED) is 0.451. The maximum atomic E-state index is 3.56. The van der Waals surface area contributed by atoms with E-state index in [1.165, 1.54) is 12.8 Å². The molecule has 2 atom stereocenters. The smallest absolute Gasteiger partial charge is 0.0450 e. The number of alkyl halides is 2. The molecule has 8 heavy (non-hydrogen) atoms. The Labute approximate surface area is 66.6 Å². The molecule has 0 N–H and O–H groups in total. The predicted molar refractivity (Wildman–Crippen MR) is 43.8 cm³/mol. The number of allylic oxidation sites excluding steroid dienone is 2. The Morgan fingerprint density at radius 2 is 2.12 bits per heavy atom. The van der Waals surface area contributed by atoms with Gasteiger partial charge in [-0.25, -0.2) is 0 Å². The maximum Gasteiger partial charge on any atom is 0.0450 e. The van der Waals surface area contributed by atoms with Crippen LogP contribution in [0.25, 0.3) is 0 Å². The van der Waals surface area contributed by atoms with Gasteiger partial charge in [-0.15, -0.1) is 0 Å². The highest BCUT2D eigenvalue weighted by Gasteiger charge is 2.14. The SMILES string of the molecule is Br[C@@H]1C=CCC[C@H]1Br. The van der Waals surface area contributed by atoms with Gasteiger partial charge in [0.05, 0.1) is 0 Å². The van der Waals surface area contributed by atoms with Crippen LogP contribution < -0.4 is 0 Å². The zero-order valence-corrected chi connectivity index (χ0v) is 7.65. The third kappa shape index (κ3) is 1.59. The van der Waals surface area contributed by atoms with Crippen LogP contribution in [0.3, 0.4) is 0 Å². The summed E-state index contributed by atoms with van der Waals surface area (Å²) >= 11 is 7.08. The third-order valence-corrected chi connectivity index (χ3v) is 3.95. The minimum Gasteiger partial charge on any atom is -0.0875 e. The van der Waals surface area contributed by atoms with E-state index in [1.807, 2.05) is 0 Å². The van der Waals surface area contributed by atoms with Crippen molar-refractivity contribution in [2.75, 3.05) is 0 Å². The predicted octanol–water partition coefficient (Wildman–Crippen LogP) is 2.86. The average Bonchev–Trinajstić information content (AvgIpc) is 1.77. The number of halogens is 2. The summed E-state index contributed by atoms with van der Waals surface area (Å²) in [6.45, 7) is 0. The van der Waals surface area contributed by atoms with E-state index in [2.05, 4.69) is 44.0 Å². The van der Waals surface area contributed by atoms with Crippen LogP contribution in [0.5, 0.6) is 0 Å². The first-order valence-corrected chi connectivity index (χ1v) is 4.58. The fourth-order valence-corrected chi connectivity index (χ4v) is 1.68. The second-order valence-electron chi connectivity index (χ2n) is 1.97. The molecule has 0 bridgehead atoms. The van der Waals surface area contributed by atoms with Crippen LogP contribution in [0, 0.1) is 0 Å². The van der Waals surface area contributed by atoms with Crippen molar-refractivity contribution in [1.29, 1.82) is 0 Å². The summed E-state index contributed by atoms with van der Waals surface area (Å²) in [5, 5.41) is 0. The highest BCUT2D eigenvalue weighted by molar-refractivity contribution is 9.12. The second kappa shape index (κ2) is 3.02. The van der Waals surface area contributed by atoms with E-state index in [-0.39, 0.29) is 0 Å². The minimum atomic E-state index is 0.552. The van der Waals surface area contributed by atoms with Crippen LogP contribution in [0.2, 0.25) is 0 Å². The van der Waals surface area contributed by atoms with E-state index in [0.29, 0.717) is 9.65 Å². The molecule has 0 saturated carbocycles. The normalized spacial score (nSPS) is 37.8. The lowest BCUT2D eigenvalue weighted by molar-refractivity contribution is 0.776. The van der Waals surface area contributed by atoms with Crippen molar-refractivity contribution < 1.29 is 0 Å². The van der Waals surface area contributed by atoms with Crippen LogP contribution in [-0.4, -0.2) is 9.65 Å². The molecule has 0 aromatic rings. The Morgan fingerprint density at radius 3 is 2.50 bits per heavy atom. The Kier molecular flexibility index (Phi) is 2.57. The second-order valence-corrected chi connectivity index (χ2v) is 4.20. The molecule has 0 aromatic carbocycles. The molecule has 1 rings (SSSR count). The molecule has 0 heterocycles. The van der Waals surface area contributed by atoms with Gasteiger partial charge in [0.2, 0.25) is 0 Å². The van der Waals surface area contributed by atoms with E-state index in [1.54, 1.807) is 0 Å². The monoisotopic (exact) mass is 238 g/mol. The molecule has 0 aromatic heterocycles. The lowest BCUT2D eigenvalue weighted by Gasteiger charge is -2.15. The molecule has 0 amide bonds. The van der Waals surface area contributed by atoms with Crippen molar-refractivity contribution in [2.45, 2.75) is 22.5 Å². The van der Waals surface area contributed by atoms with Gasteiger partial charge in [0.15, 0.2) is 0 Å². The van der Waals surface area contributed by atoms with Gasteiger partial charge in [0, 0.05) is 9.65 Å². The molecule has 2 heteroatoms. The zero-order valence-electron chi connectivity index (χ0n) is 4.48. The lowest BCUT2D eigenvalue weighted by Crippen LogP contribution is -2.13. The first-order valence-electron chi connectivity index (χ1n) is 2.75. The lowest BCUT2D eigenvalue weighted by atomic mass is 10.1. The number of hydrogen-bond acceptors (Lipinski definition) is 0. The van der Waals surface area contributed by atoms with E-state index < -0.39 is 0 Å². The molecule has 0 unspecified atom stereocenters. The molecule has 1 aliphatic rings. The van der Waals surface area contributed by atoms with Crippen LogP contribution in [0.1, 0.15) is 12.8 Å². The van der Waals surface area contributed by atoms with Crippen LogP contribution in [-0.2, 0) is 0 Å². The van der Waals surface area contributed by atoms with Gasteiger partial charge in [0.25, 0.3) is 0 Å². The molecule has 0 aliphatic heterocycles. The minimum absolute atomic E-state index is 0.552. The number of rotatable bonds is 0. The van der Waals surface area contributed by atoms with Crippen molar-refractivity contribution in [3.05, 3.63) is 12.2 Å². The van der Waals surface area contributed by atoms with E-state index in [0.717, 1.165) is 0 Å². The largest absolute Gasteiger partial charge is 0.0875 e. The first-order chi connectivity index (χ1) is 3.80. The van der Waals surface area contributed by atoms with Crippen LogP contribution in [0.4, 0.5) is 0 Å². The van der Waals surface area contributed by atoms with Gasteiger partial charge < -0.3 is 0 Å². The van der Waals surface area contributed by atoms with Crippen molar-refractivity contribution in [3.63, 3.8) is 0 Å². The van der Waals surface area contributed by atoms with Crippen molar-refractivity contribution in [3.8, 4) is 0 Å². The van der Waals surface area contributed by atoms with E-state index >= 15 is 0 Å².